The van der Waals surface area contributed by atoms with E-state index in [4.69, 9.17) is 11.6 Å². The molecule has 120 valence electrons. The van der Waals surface area contributed by atoms with E-state index in [1.54, 1.807) is 17.7 Å². The molecule has 0 spiro atoms. The lowest BCUT2D eigenvalue weighted by atomic mass is 10.1. The van der Waals surface area contributed by atoms with Gasteiger partial charge in [0.05, 0.1) is 5.39 Å². The van der Waals surface area contributed by atoms with Crippen LogP contribution in [0.15, 0.2) is 36.0 Å². The van der Waals surface area contributed by atoms with E-state index in [9.17, 15) is 0 Å². The molecule has 4 rings (SSSR count). The molecule has 0 bridgehead atoms. The highest BCUT2D eigenvalue weighted by Crippen LogP contribution is 2.38. The largest absolute Gasteiger partial charge is 0.353 e. The van der Waals surface area contributed by atoms with Crippen molar-refractivity contribution < 1.29 is 0 Å². The summed E-state index contributed by atoms with van der Waals surface area (Å²) in [6.07, 6.45) is 1.67. The second-order valence-electron chi connectivity index (χ2n) is 5.27. The number of halogens is 2. The zero-order valence-corrected chi connectivity index (χ0v) is 14.7. The zero-order valence-electron chi connectivity index (χ0n) is 12.3. The first-order valence-corrected chi connectivity index (χ1v) is 8.52. The standard InChI is InChI=1S/C16H15ClN4S.ClH/c17-12-3-1-11(2-4-12)13-9-22-16-14(13)15(19-10-20-16)21-7-5-18-6-8-21;/h1-4,9-10,18H,5-8H2;1H. The molecule has 3 heterocycles. The smallest absolute Gasteiger partial charge is 0.141 e. The van der Waals surface area contributed by atoms with Gasteiger partial charge >= 0.3 is 0 Å². The van der Waals surface area contributed by atoms with Gasteiger partial charge in [0, 0.05) is 42.1 Å². The maximum atomic E-state index is 6.01. The van der Waals surface area contributed by atoms with Gasteiger partial charge in [-0.15, -0.1) is 23.7 Å². The lowest BCUT2D eigenvalue weighted by molar-refractivity contribution is 0.586. The van der Waals surface area contributed by atoms with Gasteiger partial charge in [0.2, 0.25) is 0 Å². The topological polar surface area (TPSA) is 41.1 Å². The summed E-state index contributed by atoms with van der Waals surface area (Å²) in [5.74, 6) is 1.04. The van der Waals surface area contributed by atoms with Gasteiger partial charge in [-0.25, -0.2) is 9.97 Å². The molecule has 4 nitrogen and oxygen atoms in total. The summed E-state index contributed by atoms with van der Waals surface area (Å²) in [5.41, 5.74) is 2.34. The van der Waals surface area contributed by atoms with E-state index in [1.807, 2.05) is 12.1 Å². The maximum absolute atomic E-state index is 6.01. The highest BCUT2D eigenvalue weighted by Gasteiger charge is 2.19. The van der Waals surface area contributed by atoms with Crippen LogP contribution in [-0.2, 0) is 0 Å². The van der Waals surface area contributed by atoms with E-state index < -0.39 is 0 Å². The molecule has 1 fully saturated rings. The van der Waals surface area contributed by atoms with Crippen LogP contribution in [0.4, 0.5) is 5.82 Å². The van der Waals surface area contributed by atoms with Crippen molar-refractivity contribution in [3.05, 3.63) is 41.0 Å². The van der Waals surface area contributed by atoms with Crippen molar-refractivity contribution in [2.45, 2.75) is 0 Å². The van der Waals surface area contributed by atoms with E-state index in [-0.39, 0.29) is 12.4 Å². The predicted octanol–water partition coefficient (Wildman–Crippen LogP) is 3.84. The molecule has 0 atom stereocenters. The number of hydrogen-bond donors (Lipinski definition) is 1. The number of hydrogen-bond acceptors (Lipinski definition) is 5. The van der Waals surface area contributed by atoms with E-state index >= 15 is 0 Å². The number of thiophene rings is 1. The summed E-state index contributed by atoms with van der Waals surface area (Å²) >= 11 is 7.67. The van der Waals surface area contributed by atoms with Gasteiger partial charge in [-0.3, -0.25) is 0 Å². The Kier molecular flexibility index (Phi) is 5.02. The number of nitrogens with zero attached hydrogens (tertiary/aromatic N) is 3. The SMILES string of the molecule is Cl.Clc1ccc(-c2csc3ncnc(N4CCNCC4)c23)cc1. The Labute approximate surface area is 149 Å². The number of fused-ring (bicyclic) bond motifs is 1. The van der Waals surface area contributed by atoms with Crippen LogP contribution >= 0.6 is 35.3 Å². The summed E-state index contributed by atoms with van der Waals surface area (Å²) in [6, 6.07) is 7.96. The molecule has 23 heavy (non-hydrogen) atoms. The van der Waals surface area contributed by atoms with E-state index in [0.717, 1.165) is 52.8 Å². The molecule has 7 heteroatoms. The molecule has 0 saturated carbocycles. The Morgan fingerprint density at radius 1 is 1.09 bits per heavy atom. The molecule has 1 saturated heterocycles. The molecule has 1 N–H and O–H groups in total. The molecule has 1 aliphatic heterocycles. The monoisotopic (exact) mass is 366 g/mol. The molecule has 1 aliphatic rings. The highest BCUT2D eigenvalue weighted by atomic mass is 35.5. The number of anilines is 1. The summed E-state index contributed by atoms with van der Waals surface area (Å²) in [6.45, 7) is 3.93. The number of aromatic nitrogens is 2. The third kappa shape index (κ3) is 3.15. The highest BCUT2D eigenvalue weighted by molar-refractivity contribution is 7.17. The first kappa shape index (κ1) is 16.5. The molecule has 2 aromatic heterocycles. The molecular weight excluding hydrogens is 351 g/mol. The third-order valence-electron chi connectivity index (χ3n) is 3.92. The quantitative estimate of drug-likeness (QED) is 0.747. The van der Waals surface area contributed by atoms with Crippen molar-refractivity contribution in [2.75, 3.05) is 31.1 Å². The Morgan fingerprint density at radius 2 is 1.83 bits per heavy atom. The van der Waals surface area contributed by atoms with Crippen molar-refractivity contribution in [3.8, 4) is 11.1 Å². The fourth-order valence-electron chi connectivity index (χ4n) is 2.82. The fourth-order valence-corrected chi connectivity index (χ4v) is 3.85. The van der Waals surface area contributed by atoms with Crippen LogP contribution in [0.3, 0.4) is 0 Å². The zero-order chi connectivity index (χ0) is 14.9. The predicted molar refractivity (Wildman–Crippen MR) is 100 cm³/mol. The van der Waals surface area contributed by atoms with Crippen molar-refractivity contribution >= 4 is 51.4 Å². The van der Waals surface area contributed by atoms with Gasteiger partial charge in [0.25, 0.3) is 0 Å². The van der Waals surface area contributed by atoms with E-state index in [0.29, 0.717) is 0 Å². The molecular formula is C16H16Cl2N4S. The Morgan fingerprint density at radius 3 is 2.57 bits per heavy atom. The van der Waals surface area contributed by atoms with Gasteiger partial charge in [-0.1, -0.05) is 23.7 Å². The molecule has 0 radical (unpaired) electrons. The normalized spacial score (nSPS) is 14.7. The van der Waals surface area contributed by atoms with Gasteiger partial charge in [-0.05, 0) is 17.7 Å². The van der Waals surface area contributed by atoms with Crippen molar-refractivity contribution in [1.29, 1.82) is 0 Å². The molecule has 1 aromatic carbocycles. The van der Waals surface area contributed by atoms with Crippen molar-refractivity contribution in [3.63, 3.8) is 0 Å². The number of piperazine rings is 1. The van der Waals surface area contributed by atoms with Crippen molar-refractivity contribution in [2.24, 2.45) is 0 Å². The molecule has 0 unspecified atom stereocenters. The molecule has 0 amide bonds. The van der Waals surface area contributed by atoms with Crippen LogP contribution in [0.1, 0.15) is 0 Å². The third-order valence-corrected chi connectivity index (χ3v) is 5.06. The Balaban J connectivity index is 0.00000156. The summed E-state index contributed by atoms with van der Waals surface area (Å²) < 4.78 is 0. The summed E-state index contributed by atoms with van der Waals surface area (Å²) in [4.78, 5) is 12.4. The van der Waals surface area contributed by atoms with Crippen LogP contribution in [0, 0.1) is 0 Å². The first-order chi connectivity index (χ1) is 10.8. The molecule has 3 aromatic rings. The second kappa shape index (κ2) is 7.01. The lowest BCUT2D eigenvalue weighted by Crippen LogP contribution is -2.44. The minimum atomic E-state index is 0. The lowest BCUT2D eigenvalue weighted by Gasteiger charge is -2.29. The number of nitrogens with one attached hydrogen (secondary N) is 1. The minimum absolute atomic E-state index is 0. The Bertz CT molecular complexity index is 797. The van der Waals surface area contributed by atoms with Gasteiger partial charge in [-0.2, -0.15) is 0 Å². The van der Waals surface area contributed by atoms with Crippen molar-refractivity contribution in [1.82, 2.24) is 15.3 Å². The average Bonchev–Trinajstić information content (AvgIpc) is 3.00. The van der Waals surface area contributed by atoms with Crippen LogP contribution in [0.25, 0.3) is 21.3 Å². The van der Waals surface area contributed by atoms with Crippen LogP contribution in [-0.4, -0.2) is 36.1 Å². The van der Waals surface area contributed by atoms with E-state index in [2.05, 4.69) is 37.7 Å². The van der Waals surface area contributed by atoms with Crippen LogP contribution < -0.4 is 10.2 Å². The first-order valence-electron chi connectivity index (χ1n) is 7.27. The Hall–Kier alpha value is -1.40. The van der Waals surface area contributed by atoms with Crippen LogP contribution in [0.5, 0.6) is 0 Å². The van der Waals surface area contributed by atoms with Gasteiger partial charge in [0.15, 0.2) is 0 Å². The molecule has 0 aliphatic carbocycles. The van der Waals surface area contributed by atoms with Gasteiger partial charge in [0.1, 0.15) is 17.0 Å². The van der Waals surface area contributed by atoms with E-state index in [1.165, 1.54) is 5.56 Å². The average molecular weight is 367 g/mol. The fraction of sp³-hybridized carbons (Fsp3) is 0.250. The second-order valence-corrected chi connectivity index (χ2v) is 6.57. The minimum Gasteiger partial charge on any atom is -0.353 e. The summed E-state index contributed by atoms with van der Waals surface area (Å²) in [5, 5.41) is 7.44. The maximum Gasteiger partial charge on any atom is 0.141 e. The van der Waals surface area contributed by atoms with Crippen LogP contribution in [0.2, 0.25) is 5.02 Å². The number of benzene rings is 1. The summed E-state index contributed by atoms with van der Waals surface area (Å²) in [7, 11) is 0. The van der Waals surface area contributed by atoms with Gasteiger partial charge < -0.3 is 10.2 Å². The number of rotatable bonds is 2.